The zero-order valence-electron chi connectivity index (χ0n) is 13.1. The van der Waals surface area contributed by atoms with Crippen molar-refractivity contribution in [2.75, 3.05) is 20.2 Å². The van der Waals surface area contributed by atoms with E-state index in [1.807, 2.05) is 6.92 Å². The number of rotatable bonds is 7. The summed E-state index contributed by atoms with van der Waals surface area (Å²) in [7, 11) is 1.70. The van der Waals surface area contributed by atoms with Gasteiger partial charge in [0.05, 0.1) is 7.11 Å². The van der Waals surface area contributed by atoms with E-state index < -0.39 is 0 Å². The number of nitrogens with zero attached hydrogens (tertiary/aromatic N) is 1. The first-order valence-electron chi connectivity index (χ1n) is 7.20. The van der Waals surface area contributed by atoms with Gasteiger partial charge in [0, 0.05) is 13.1 Å². The molecule has 4 nitrogen and oxygen atoms in total. The molecule has 0 aromatic heterocycles. The third kappa shape index (κ3) is 5.95. The fourth-order valence-corrected chi connectivity index (χ4v) is 1.85. The van der Waals surface area contributed by atoms with Crippen LogP contribution in [0.1, 0.15) is 31.4 Å². The van der Waals surface area contributed by atoms with Gasteiger partial charge in [0.15, 0.2) is 5.96 Å². The van der Waals surface area contributed by atoms with Gasteiger partial charge in [-0.2, -0.15) is 0 Å². The second-order valence-corrected chi connectivity index (χ2v) is 5.43. The monoisotopic (exact) mass is 277 g/mol. The zero-order chi connectivity index (χ0) is 15.0. The van der Waals surface area contributed by atoms with E-state index in [4.69, 9.17) is 10.5 Å². The summed E-state index contributed by atoms with van der Waals surface area (Å²) < 4.78 is 5.32. The van der Waals surface area contributed by atoms with Crippen molar-refractivity contribution in [1.29, 1.82) is 0 Å². The molecule has 0 saturated heterocycles. The van der Waals surface area contributed by atoms with Crippen molar-refractivity contribution in [3.05, 3.63) is 29.3 Å². The first-order chi connectivity index (χ1) is 9.52. The lowest BCUT2D eigenvalue weighted by molar-refractivity contribution is 0.411. The van der Waals surface area contributed by atoms with Gasteiger partial charge in [-0.25, -0.2) is 0 Å². The number of benzene rings is 1. The van der Waals surface area contributed by atoms with Crippen LogP contribution in [0.2, 0.25) is 0 Å². The number of ether oxygens (including phenoxy) is 1. The molecule has 0 atom stereocenters. The summed E-state index contributed by atoms with van der Waals surface area (Å²) in [4.78, 5) is 4.30. The predicted molar refractivity (Wildman–Crippen MR) is 85.4 cm³/mol. The lowest BCUT2D eigenvalue weighted by Crippen LogP contribution is -2.33. The molecule has 0 aliphatic carbocycles. The minimum atomic E-state index is 0.532. The third-order valence-corrected chi connectivity index (χ3v) is 3.18. The lowest BCUT2D eigenvalue weighted by atomic mass is 10.1. The molecule has 3 N–H and O–H groups in total. The van der Waals surface area contributed by atoms with Crippen molar-refractivity contribution in [3.8, 4) is 5.75 Å². The van der Waals surface area contributed by atoms with E-state index in [1.165, 1.54) is 5.56 Å². The van der Waals surface area contributed by atoms with Gasteiger partial charge in [-0.1, -0.05) is 26.0 Å². The van der Waals surface area contributed by atoms with Crippen LogP contribution in [-0.2, 0) is 6.42 Å². The first kappa shape index (κ1) is 16.3. The van der Waals surface area contributed by atoms with Crippen LogP contribution in [0.4, 0.5) is 0 Å². The van der Waals surface area contributed by atoms with Crippen molar-refractivity contribution in [3.63, 3.8) is 0 Å². The van der Waals surface area contributed by atoms with Crippen LogP contribution in [0.5, 0.6) is 5.75 Å². The summed E-state index contributed by atoms with van der Waals surface area (Å²) >= 11 is 0. The topological polar surface area (TPSA) is 59.6 Å². The quantitative estimate of drug-likeness (QED) is 0.594. The Morgan fingerprint density at radius 1 is 1.40 bits per heavy atom. The Balaban J connectivity index is 2.36. The number of aryl methyl sites for hydroxylation is 1. The number of hydrogen-bond donors (Lipinski definition) is 2. The van der Waals surface area contributed by atoms with Crippen molar-refractivity contribution in [2.24, 2.45) is 16.6 Å². The zero-order valence-corrected chi connectivity index (χ0v) is 13.1. The molecular weight excluding hydrogens is 250 g/mol. The molecule has 20 heavy (non-hydrogen) atoms. The molecule has 0 unspecified atom stereocenters. The summed E-state index contributed by atoms with van der Waals surface area (Å²) in [6.07, 6.45) is 1.97. The molecule has 0 aliphatic rings. The number of methoxy groups -OCH3 is 1. The number of guanidine groups is 1. The minimum absolute atomic E-state index is 0.532. The molecule has 0 spiro atoms. The highest BCUT2D eigenvalue weighted by molar-refractivity contribution is 5.77. The van der Waals surface area contributed by atoms with Gasteiger partial charge in [0.2, 0.25) is 0 Å². The number of hydrogen-bond acceptors (Lipinski definition) is 2. The Bertz CT molecular complexity index is 441. The van der Waals surface area contributed by atoms with Crippen LogP contribution in [0, 0.1) is 12.8 Å². The molecule has 0 fully saturated rings. The molecule has 112 valence electrons. The van der Waals surface area contributed by atoms with Gasteiger partial charge >= 0.3 is 0 Å². The minimum Gasteiger partial charge on any atom is -0.496 e. The van der Waals surface area contributed by atoms with E-state index in [-0.39, 0.29) is 0 Å². The van der Waals surface area contributed by atoms with E-state index in [2.05, 4.69) is 42.4 Å². The Hall–Kier alpha value is -1.71. The number of aliphatic imine (C=N–C) groups is 1. The van der Waals surface area contributed by atoms with Crippen LogP contribution in [-0.4, -0.2) is 26.2 Å². The summed E-state index contributed by atoms with van der Waals surface area (Å²) in [6, 6.07) is 6.27. The standard InChI is InChI=1S/C16H27N3O/c1-12(2)7-9-18-16(17)19-10-8-14-6-5-13(3)15(11-14)20-4/h5-6,11-12H,7-10H2,1-4H3,(H3,17,18,19). The van der Waals surface area contributed by atoms with E-state index >= 15 is 0 Å². The van der Waals surface area contributed by atoms with E-state index in [0.717, 1.165) is 37.2 Å². The smallest absolute Gasteiger partial charge is 0.188 e. The summed E-state index contributed by atoms with van der Waals surface area (Å²) in [5.41, 5.74) is 8.20. The summed E-state index contributed by atoms with van der Waals surface area (Å²) in [5.74, 6) is 2.12. The van der Waals surface area contributed by atoms with Crippen molar-refractivity contribution in [1.82, 2.24) is 5.32 Å². The summed E-state index contributed by atoms with van der Waals surface area (Å²) in [6.45, 7) is 7.98. The molecule has 0 bridgehead atoms. The van der Waals surface area contributed by atoms with Crippen LogP contribution in [0.15, 0.2) is 23.2 Å². The van der Waals surface area contributed by atoms with Crippen LogP contribution >= 0.6 is 0 Å². The maximum atomic E-state index is 5.82. The molecule has 0 heterocycles. The second-order valence-electron chi connectivity index (χ2n) is 5.43. The highest BCUT2D eigenvalue weighted by Gasteiger charge is 2.01. The van der Waals surface area contributed by atoms with Crippen LogP contribution < -0.4 is 15.8 Å². The second kappa shape index (κ2) is 8.46. The average Bonchev–Trinajstić information content (AvgIpc) is 2.40. The fraction of sp³-hybridized carbons (Fsp3) is 0.562. The third-order valence-electron chi connectivity index (χ3n) is 3.18. The first-order valence-corrected chi connectivity index (χ1v) is 7.20. The number of nitrogens with two attached hydrogens (primary N) is 1. The van der Waals surface area contributed by atoms with Gasteiger partial charge in [0.25, 0.3) is 0 Å². The number of nitrogens with one attached hydrogen (secondary N) is 1. The van der Waals surface area contributed by atoms with E-state index in [1.54, 1.807) is 7.11 Å². The highest BCUT2D eigenvalue weighted by atomic mass is 16.5. The van der Waals surface area contributed by atoms with Crippen molar-refractivity contribution < 1.29 is 4.74 Å². The Kier molecular flexibility index (Phi) is 6.91. The molecule has 0 aliphatic heterocycles. The molecule has 0 amide bonds. The average molecular weight is 277 g/mol. The molecule has 1 rings (SSSR count). The normalized spacial score (nSPS) is 11.8. The van der Waals surface area contributed by atoms with E-state index in [0.29, 0.717) is 11.9 Å². The fourth-order valence-electron chi connectivity index (χ4n) is 1.85. The highest BCUT2D eigenvalue weighted by Crippen LogP contribution is 2.18. The van der Waals surface area contributed by atoms with Crippen LogP contribution in [0.25, 0.3) is 0 Å². The molecule has 0 radical (unpaired) electrons. The van der Waals surface area contributed by atoms with Gasteiger partial charge < -0.3 is 15.8 Å². The SMILES string of the molecule is COc1cc(CCNC(N)=NCCC(C)C)ccc1C. The molecule has 1 aromatic rings. The predicted octanol–water partition coefficient (Wildman–Crippen LogP) is 2.50. The molecule has 1 aromatic carbocycles. The molecule has 4 heteroatoms. The maximum Gasteiger partial charge on any atom is 0.188 e. The Morgan fingerprint density at radius 2 is 2.15 bits per heavy atom. The van der Waals surface area contributed by atoms with Gasteiger partial charge in [-0.05, 0) is 42.9 Å². The van der Waals surface area contributed by atoms with Crippen molar-refractivity contribution in [2.45, 2.75) is 33.6 Å². The van der Waals surface area contributed by atoms with Crippen LogP contribution in [0.3, 0.4) is 0 Å². The van der Waals surface area contributed by atoms with Gasteiger partial charge in [0.1, 0.15) is 5.75 Å². The maximum absolute atomic E-state index is 5.82. The molecule has 0 saturated carbocycles. The van der Waals surface area contributed by atoms with Gasteiger partial charge in [-0.3, -0.25) is 4.99 Å². The molecular formula is C16H27N3O. The largest absolute Gasteiger partial charge is 0.496 e. The Labute approximate surface area is 122 Å². The van der Waals surface area contributed by atoms with Gasteiger partial charge in [-0.15, -0.1) is 0 Å². The lowest BCUT2D eigenvalue weighted by Gasteiger charge is -2.09. The van der Waals surface area contributed by atoms with Crippen molar-refractivity contribution >= 4 is 5.96 Å². The Morgan fingerprint density at radius 3 is 2.80 bits per heavy atom. The summed E-state index contributed by atoms with van der Waals surface area (Å²) in [5, 5.41) is 3.14. The van der Waals surface area contributed by atoms with E-state index in [9.17, 15) is 0 Å².